The van der Waals surface area contributed by atoms with E-state index in [1.807, 2.05) is 24.3 Å². The Hall–Kier alpha value is -1.75. The molecule has 1 atom stereocenters. The summed E-state index contributed by atoms with van der Waals surface area (Å²) in [7, 11) is 0. The number of nitrogens with two attached hydrogens (primary N) is 1. The fourth-order valence-corrected chi connectivity index (χ4v) is 3.43. The molecule has 3 amide bonds. The van der Waals surface area contributed by atoms with Gasteiger partial charge >= 0.3 is 6.03 Å². The standard InChI is InChI=1S/C18H26ClN3O2/c19-15-10-8-14(9-11-15)17(13-5-1-2-6-13)22-16(23)7-3-4-12-21-18(20)24/h8-11,13,17H,1-7,12H2,(H,22,23)(H3,20,21,24). The van der Waals surface area contributed by atoms with Crippen molar-refractivity contribution in [3.05, 3.63) is 34.9 Å². The topological polar surface area (TPSA) is 84.2 Å². The van der Waals surface area contributed by atoms with E-state index in [1.54, 1.807) is 0 Å². The molecule has 1 aromatic carbocycles. The molecule has 1 unspecified atom stereocenters. The number of halogens is 1. The summed E-state index contributed by atoms with van der Waals surface area (Å²) in [6, 6.07) is 7.29. The van der Waals surface area contributed by atoms with Gasteiger partial charge in [0.25, 0.3) is 0 Å². The van der Waals surface area contributed by atoms with Crippen LogP contribution in [0.4, 0.5) is 4.79 Å². The highest BCUT2D eigenvalue weighted by molar-refractivity contribution is 6.30. The van der Waals surface area contributed by atoms with E-state index in [0.717, 1.165) is 31.2 Å². The highest BCUT2D eigenvalue weighted by atomic mass is 35.5. The average Bonchev–Trinajstić information content (AvgIpc) is 3.07. The number of benzene rings is 1. The second kappa shape index (κ2) is 9.52. The number of unbranched alkanes of at least 4 members (excludes halogenated alkanes) is 1. The number of rotatable bonds is 8. The summed E-state index contributed by atoms with van der Waals surface area (Å²) < 4.78 is 0. The van der Waals surface area contributed by atoms with Crippen molar-refractivity contribution in [2.24, 2.45) is 11.7 Å². The number of amides is 3. The van der Waals surface area contributed by atoms with Crippen molar-refractivity contribution in [3.8, 4) is 0 Å². The molecule has 1 saturated carbocycles. The van der Waals surface area contributed by atoms with E-state index in [4.69, 9.17) is 17.3 Å². The summed E-state index contributed by atoms with van der Waals surface area (Å²) in [5, 5.41) is 6.44. The van der Waals surface area contributed by atoms with Crippen LogP contribution in [0.1, 0.15) is 56.6 Å². The lowest BCUT2D eigenvalue weighted by Gasteiger charge is -2.25. The monoisotopic (exact) mass is 351 g/mol. The van der Waals surface area contributed by atoms with Gasteiger partial charge in [0.05, 0.1) is 6.04 Å². The number of hydrogen-bond acceptors (Lipinski definition) is 2. The molecule has 5 nitrogen and oxygen atoms in total. The number of primary amides is 1. The van der Waals surface area contributed by atoms with E-state index in [9.17, 15) is 9.59 Å². The molecule has 4 N–H and O–H groups in total. The minimum absolute atomic E-state index is 0.0564. The van der Waals surface area contributed by atoms with Crippen LogP contribution < -0.4 is 16.4 Å². The Bertz CT molecular complexity index is 542. The van der Waals surface area contributed by atoms with Gasteiger partial charge in [0.1, 0.15) is 0 Å². The first-order valence-corrected chi connectivity index (χ1v) is 9.02. The summed E-state index contributed by atoms with van der Waals surface area (Å²) >= 11 is 5.98. The fourth-order valence-electron chi connectivity index (χ4n) is 3.30. The minimum atomic E-state index is -0.525. The molecule has 0 spiro atoms. The Kier molecular flexibility index (Phi) is 7.37. The number of carbonyl (C=O) groups is 2. The van der Waals surface area contributed by atoms with Crippen LogP contribution in [-0.2, 0) is 4.79 Å². The number of hydrogen-bond donors (Lipinski definition) is 3. The van der Waals surface area contributed by atoms with Crippen LogP contribution in [0, 0.1) is 5.92 Å². The van der Waals surface area contributed by atoms with Gasteiger partial charge in [-0.05, 0) is 49.3 Å². The Morgan fingerprint density at radius 3 is 2.46 bits per heavy atom. The van der Waals surface area contributed by atoms with Crippen LogP contribution >= 0.6 is 11.6 Å². The summed E-state index contributed by atoms with van der Waals surface area (Å²) in [4.78, 5) is 22.9. The molecular formula is C18H26ClN3O2. The van der Waals surface area contributed by atoms with Gasteiger partial charge < -0.3 is 16.4 Å². The lowest BCUT2D eigenvalue weighted by molar-refractivity contribution is -0.122. The van der Waals surface area contributed by atoms with E-state index in [-0.39, 0.29) is 11.9 Å². The predicted molar refractivity (Wildman–Crippen MR) is 95.7 cm³/mol. The van der Waals surface area contributed by atoms with Gasteiger partial charge in [-0.1, -0.05) is 36.6 Å². The highest BCUT2D eigenvalue weighted by Crippen LogP contribution is 2.36. The average molecular weight is 352 g/mol. The summed E-state index contributed by atoms with van der Waals surface area (Å²) in [5.41, 5.74) is 6.13. The molecule has 132 valence electrons. The Morgan fingerprint density at radius 1 is 1.17 bits per heavy atom. The van der Waals surface area contributed by atoms with Crippen molar-refractivity contribution in [1.29, 1.82) is 0 Å². The zero-order valence-electron chi connectivity index (χ0n) is 13.9. The van der Waals surface area contributed by atoms with Crippen molar-refractivity contribution >= 4 is 23.5 Å². The van der Waals surface area contributed by atoms with Crippen molar-refractivity contribution in [3.63, 3.8) is 0 Å². The molecule has 0 bridgehead atoms. The normalized spacial score (nSPS) is 15.9. The molecule has 1 aliphatic carbocycles. The van der Waals surface area contributed by atoms with Gasteiger partial charge in [0, 0.05) is 18.0 Å². The maximum absolute atomic E-state index is 12.3. The summed E-state index contributed by atoms with van der Waals surface area (Å²) in [6.07, 6.45) is 6.67. The van der Waals surface area contributed by atoms with Gasteiger partial charge in [-0.15, -0.1) is 0 Å². The van der Waals surface area contributed by atoms with Gasteiger partial charge in [-0.2, -0.15) is 0 Å². The Balaban J connectivity index is 1.87. The fraction of sp³-hybridized carbons (Fsp3) is 0.556. The van der Waals surface area contributed by atoms with Gasteiger partial charge in [-0.25, -0.2) is 4.79 Å². The molecule has 0 aliphatic heterocycles. The quantitative estimate of drug-likeness (QED) is 0.626. The maximum Gasteiger partial charge on any atom is 0.312 e. The molecule has 0 radical (unpaired) electrons. The Labute approximate surface area is 148 Å². The zero-order valence-corrected chi connectivity index (χ0v) is 14.6. The largest absolute Gasteiger partial charge is 0.352 e. The minimum Gasteiger partial charge on any atom is -0.352 e. The van der Waals surface area contributed by atoms with Gasteiger partial charge in [0.15, 0.2) is 0 Å². The molecule has 2 rings (SSSR count). The van der Waals surface area contributed by atoms with Crippen LogP contribution in [0.25, 0.3) is 0 Å². The second-order valence-electron chi connectivity index (χ2n) is 6.39. The number of nitrogens with one attached hydrogen (secondary N) is 2. The van der Waals surface area contributed by atoms with Crippen LogP contribution in [0.5, 0.6) is 0 Å². The second-order valence-corrected chi connectivity index (χ2v) is 6.83. The van der Waals surface area contributed by atoms with Crippen molar-refractivity contribution in [2.75, 3.05) is 6.54 Å². The summed E-state index contributed by atoms with van der Waals surface area (Å²) in [5.74, 6) is 0.549. The van der Waals surface area contributed by atoms with Crippen LogP contribution in [0.15, 0.2) is 24.3 Å². The third-order valence-corrected chi connectivity index (χ3v) is 4.80. The van der Waals surface area contributed by atoms with E-state index in [1.165, 1.54) is 12.8 Å². The number of carbonyl (C=O) groups excluding carboxylic acids is 2. The maximum atomic E-state index is 12.3. The Morgan fingerprint density at radius 2 is 1.83 bits per heavy atom. The van der Waals surface area contributed by atoms with Crippen molar-refractivity contribution in [2.45, 2.75) is 51.0 Å². The lowest BCUT2D eigenvalue weighted by Crippen LogP contribution is -2.33. The predicted octanol–water partition coefficient (Wildman–Crippen LogP) is 3.53. The molecule has 0 aromatic heterocycles. The first-order chi connectivity index (χ1) is 11.6. The lowest BCUT2D eigenvalue weighted by atomic mass is 9.91. The molecule has 1 aromatic rings. The molecule has 1 fully saturated rings. The first-order valence-electron chi connectivity index (χ1n) is 8.64. The van der Waals surface area contributed by atoms with E-state index < -0.39 is 6.03 Å². The molecule has 0 saturated heterocycles. The molecule has 1 aliphatic rings. The van der Waals surface area contributed by atoms with Crippen LogP contribution in [0.3, 0.4) is 0 Å². The van der Waals surface area contributed by atoms with Crippen molar-refractivity contribution in [1.82, 2.24) is 10.6 Å². The molecule has 24 heavy (non-hydrogen) atoms. The summed E-state index contributed by atoms with van der Waals surface area (Å²) in [6.45, 7) is 0.506. The molecular weight excluding hydrogens is 326 g/mol. The van der Waals surface area contributed by atoms with Crippen LogP contribution in [0.2, 0.25) is 5.02 Å². The zero-order chi connectivity index (χ0) is 17.4. The molecule has 0 heterocycles. The third-order valence-electron chi connectivity index (χ3n) is 4.55. The highest BCUT2D eigenvalue weighted by Gasteiger charge is 2.27. The SMILES string of the molecule is NC(=O)NCCCCC(=O)NC(c1ccc(Cl)cc1)C1CCCC1. The van der Waals surface area contributed by atoms with E-state index >= 15 is 0 Å². The van der Waals surface area contributed by atoms with Gasteiger partial charge in [0.2, 0.25) is 5.91 Å². The van der Waals surface area contributed by atoms with Crippen molar-refractivity contribution < 1.29 is 9.59 Å². The van der Waals surface area contributed by atoms with Crippen LogP contribution in [-0.4, -0.2) is 18.5 Å². The number of urea groups is 1. The third kappa shape index (κ3) is 6.04. The van der Waals surface area contributed by atoms with Gasteiger partial charge in [-0.3, -0.25) is 4.79 Å². The first kappa shape index (κ1) is 18.6. The smallest absolute Gasteiger partial charge is 0.312 e. The van der Waals surface area contributed by atoms with E-state index in [0.29, 0.717) is 23.9 Å². The molecule has 6 heteroatoms. The van der Waals surface area contributed by atoms with E-state index in [2.05, 4.69) is 10.6 Å².